The van der Waals surface area contributed by atoms with Gasteiger partial charge in [-0.3, -0.25) is 9.69 Å². The number of carbonyl (C=O) groups excluding carboxylic acids is 1. The Balaban J connectivity index is 4.59. The maximum Gasteiger partial charge on any atom is 0.250 e. The van der Waals surface area contributed by atoms with Gasteiger partial charge in [0.15, 0.2) is 6.17 Å². The number of nitrogens with zero attached hydrogens (tertiary/aromatic N) is 2. The third-order valence-corrected chi connectivity index (χ3v) is 2.23. The maximum atomic E-state index is 11.4. The van der Waals surface area contributed by atoms with Gasteiger partial charge in [-0.05, 0) is 6.08 Å². The number of carbonyl (C=O) groups is 1. The van der Waals surface area contributed by atoms with E-state index in [1.807, 2.05) is 7.05 Å². The lowest BCUT2D eigenvalue weighted by Gasteiger charge is -2.38. The molecule has 76 valence electrons. The van der Waals surface area contributed by atoms with Crippen molar-refractivity contribution in [2.75, 3.05) is 28.2 Å². The fraction of sp³-hybridized carbons (Fsp3) is 0.700. The average molecular weight is 185 g/mol. The molecule has 0 aromatic rings. The smallest absolute Gasteiger partial charge is 0.250 e. The number of quaternary nitrogens is 1. The summed E-state index contributed by atoms with van der Waals surface area (Å²) >= 11 is 0. The van der Waals surface area contributed by atoms with Gasteiger partial charge in [-0.25, -0.2) is 0 Å². The lowest BCUT2D eigenvalue weighted by molar-refractivity contribution is -0.906. The van der Waals surface area contributed by atoms with Gasteiger partial charge < -0.3 is 4.48 Å². The van der Waals surface area contributed by atoms with Crippen LogP contribution < -0.4 is 0 Å². The fourth-order valence-corrected chi connectivity index (χ4v) is 1.63. The SMILES string of the molecule is C=CC(=O)N(C)C(CC)[N+](C)(C)C. The molecular formula is C10H21N2O+. The average Bonchev–Trinajstić information content (AvgIpc) is 2.01. The van der Waals surface area contributed by atoms with Gasteiger partial charge in [-0.15, -0.1) is 0 Å². The summed E-state index contributed by atoms with van der Waals surface area (Å²) < 4.78 is 0.757. The van der Waals surface area contributed by atoms with E-state index in [0.717, 1.165) is 10.9 Å². The molecule has 0 bridgehead atoms. The molecule has 0 radical (unpaired) electrons. The van der Waals surface area contributed by atoms with Crippen LogP contribution in [0.25, 0.3) is 0 Å². The molecule has 0 saturated carbocycles. The Kier molecular flexibility index (Phi) is 4.14. The summed E-state index contributed by atoms with van der Waals surface area (Å²) in [6.07, 6.45) is 2.52. The molecule has 0 rings (SSSR count). The lowest BCUT2D eigenvalue weighted by Crippen LogP contribution is -2.55. The van der Waals surface area contributed by atoms with Crippen LogP contribution in [0, 0.1) is 0 Å². The maximum absolute atomic E-state index is 11.4. The first kappa shape index (κ1) is 12.2. The van der Waals surface area contributed by atoms with Crippen molar-refractivity contribution in [2.45, 2.75) is 19.5 Å². The Labute approximate surface area is 81.2 Å². The topological polar surface area (TPSA) is 20.3 Å². The summed E-state index contributed by atoms with van der Waals surface area (Å²) in [4.78, 5) is 13.1. The quantitative estimate of drug-likeness (QED) is 0.364. The van der Waals surface area contributed by atoms with Crippen LogP contribution in [-0.2, 0) is 4.79 Å². The van der Waals surface area contributed by atoms with Crippen LogP contribution in [0.3, 0.4) is 0 Å². The Hall–Kier alpha value is -0.830. The van der Waals surface area contributed by atoms with Gasteiger partial charge in [0.25, 0.3) is 0 Å². The second kappa shape index (κ2) is 4.42. The molecule has 0 aliphatic carbocycles. The van der Waals surface area contributed by atoms with Crippen LogP contribution in [0.15, 0.2) is 12.7 Å². The van der Waals surface area contributed by atoms with Crippen molar-refractivity contribution in [1.82, 2.24) is 4.90 Å². The third kappa shape index (κ3) is 3.19. The second-order valence-corrected chi connectivity index (χ2v) is 4.16. The number of amides is 1. The predicted octanol–water partition coefficient (Wildman–Crippen LogP) is 1.07. The molecule has 0 aliphatic heterocycles. The number of likely N-dealkylation sites (N-methyl/N-ethyl adjacent to an activating group) is 1. The molecule has 1 atom stereocenters. The van der Waals surface area contributed by atoms with E-state index < -0.39 is 0 Å². The molecule has 3 nitrogen and oxygen atoms in total. The zero-order valence-corrected chi connectivity index (χ0v) is 9.37. The molecule has 0 aromatic carbocycles. The van der Waals surface area contributed by atoms with E-state index in [-0.39, 0.29) is 12.1 Å². The first-order valence-corrected chi connectivity index (χ1v) is 4.55. The van der Waals surface area contributed by atoms with E-state index in [0.29, 0.717) is 0 Å². The molecule has 1 unspecified atom stereocenters. The standard InChI is InChI=1S/C10H21N2O/c1-7-9(12(4,5)6)11(3)10(13)8-2/h8-9H,2,7H2,1,3-6H3/q+1. The van der Waals surface area contributed by atoms with E-state index in [2.05, 4.69) is 34.6 Å². The van der Waals surface area contributed by atoms with E-state index >= 15 is 0 Å². The van der Waals surface area contributed by atoms with Gasteiger partial charge >= 0.3 is 0 Å². The molecule has 0 aliphatic rings. The van der Waals surface area contributed by atoms with Crippen molar-refractivity contribution in [3.63, 3.8) is 0 Å². The summed E-state index contributed by atoms with van der Waals surface area (Å²) in [7, 11) is 8.07. The monoisotopic (exact) mass is 185 g/mol. The van der Waals surface area contributed by atoms with Crippen molar-refractivity contribution >= 4 is 5.91 Å². The Morgan fingerprint density at radius 2 is 2.00 bits per heavy atom. The molecular weight excluding hydrogens is 164 g/mol. The molecule has 0 spiro atoms. The van der Waals surface area contributed by atoms with Crippen LogP contribution >= 0.6 is 0 Å². The van der Waals surface area contributed by atoms with Crippen LogP contribution in [0.4, 0.5) is 0 Å². The molecule has 13 heavy (non-hydrogen) atoms. The van der Waals surface area contributed by atoms with Gasteiger partial charge in [-0.1, -0.05) is 13.5 Å². The minimum atomic E-state index is -0.0140. The minimum absolute atomic E-state index is 0.0140. The summed E-state index contributed by atoms with van der Waals surface area (Å²) in [6, 6.07) is 0. The largest absolute Gasteiger partial charge is 0.311 e. The normalized spacial score (nSPS) is 13.6. The molecule has 1 amide bonds. The highest BCUT2D eigenvalue weighted by Crippen LogP contribution is 2.11. The van der Waals surface area contributed by atoms with E-state index in [4.69, 9.17) is 0 Å². The molecule has 3 heteroatoms. The first-order chi connectivity index (χ1) is 5.84. The minimum Gasteiger partial charge on any atom is -0.311 e. The summed E-state index contributed by atoms with van der Waals surface area (Å²) in [5.74, 6) is -0.0140. The first-order valence-electron chi connectivity index (χ1n) is 4.55. The highest BCUT2D eigenvalue weighted by Gasteiger charge is 2.27. The van der Waals surface area contributed by atoms with Gasteiger partial charge in [0.1, 0.15) is 0 Å². The molecule has 0 heterocycles. The number of rotatable bonds is 4. The zero-order chi connectivity index (χ0) is 10.6. The number of hydrogen-bond acceptors (Lipinski definition) is 1. The molecule has 0 saturated heterocycles. The van der Waals surface area contributed by atoms with Gasteiger partial charge in [-0.2, -0.15) is 0 Å². The van der Waals surface area contributed by atoms with Crippen molar-refractivity contribution in [3.8, 4) is 0 Å². The van der Waals surface area contributed by atoms with Crippen molar-refractivity contribution < 1.29 is 9.28 Å². The fourth-order valence-electron chi connectivity index (χ4n) is 1.63. The van der Waals surface area contributed by atoms with Crippen LogP contribution in [0.1, 0.15) is 13.3 Å². The lowest BCUT2D eigenvalue weighted by atomic mass is 10.2. The Morgan fingerprint density at radius 3 is 2.23 bits per heavy atom. The molecule has 0 aromatic heterocycles. The van der Waals surface area contributed by atoms with Gasteiger partial charge in [0.05, 0.1) is 21.1 Å². The predicted molar refractivity (Wildman–Crippen MR) is 55.1 cm³/mol. The van der Waals surface area contributed by atoms with E-state index in [1.54, 1.807) is 4.90 Å². The van der Waals surface area contributed by atoms with E-state index in [1.165, 1.54) is 6.08 Å². The van der Waals surface area contributed by atoms with Crippen LogP contribution in [0.5, 0.6) is 0 Å². The summed E-state index contributed by atoms with van der Waals surface area (Å²) in [5, 5.41) is 0. The van der Waals surface area contributed by atoms with Gasteiger partial charge in [0.2, 0.25) is 5.91 Å². The second-order valence-electron chi connectivity index (χ2n) is 4.16. The van der Waals surface area contributed by atoms with E-state index in [9.17, 15) is 4.79 Å². The van der Waals surface area contributed by atoms with Crippen molar-refractivity contribution in [3.05, 3.63) is 12.7 Å². The van der Waals surface area contributed by atoms with Crippen LogP contribution in [0.2, 0.25) is 0 Å². The summed E-state index contributed by atoms with van der Waals surface area (Å²) in [6.45, 7) is 5.57. The van der Waals surface area contributed by atoms with Gasteiger partial charge in [0, 0.05) is 13.5 Å². The highest BCUT2D eigenvalue weighted by molar-refractivity contribution is 5.86. The molecule has 0 N–H and O–H groups in total. The highest BCUT2D eigenvalue weighted by atomic mass is 16.2. The Bertz CT molecular complexity index is 194. The number of hydrogen-bond donors (Lipinski definition) is 0. The zero-order valence-electron chi connectivity index (χ0n) is 9.37. The van der Waals surface area contributed by atoms with Crippen LogP contribution in [-0.4, -0.2) is 49.6 Å². The van der Waals surface area contributed by atoms with Crippen molar-refractivity contribution in [2.24, 2.45) is 0 Å². The Morgan fingerprint density at radius 1 is 1.54 bits per heavy atom. The molecule has 0 fully saturated rings. The van der Waals surface area contributed by atoms with Crippen molar-refractivity contribution in [1.29, 1.82) is 0 Å². The third-order valence-electron chi connectivity index (χ3n) is 2.23. The summed E-state index contributed by atoms with van der Waals surface area (Å²) in [5.41, 5.74) is 0.